The van der Waals surface area contributed by atoms with E-state index >= 15 is 0 Å². The highest BCUT2D eigenvalue weighted by molar-refractivity contribution is 5.01. The second-order valence-electron chi connectivity index (χ2n) is 3.53. The number of rotatable bonds is 6. The molecule has 12 heavy (non-hydrogen) atoms. The molecule has 0 aliphatic heterocycles. The third kappa shape index (κ3) is 5.36. The third-order valence-corrected chi connectivity index (χ3v) is 2.36. The smallest absolute Gasteiger partial charge is 0.00172 e. The van der Waals surface area contributed by atoms with E-state index in [0.717, 1.165) is 18.9 Å². The summed E-state index contributed by atoms with van der Waals surface area (Å²) in [6.45, 7) is 7.90. The molecule has 0 saturated carbocycles. The molecule has 1 atom stereocenters. The fourth-order valence-corrected chi connectivity index (χ4v) is 1.31. The summed E-state index contributed by atoms with van der Waals surface area (Å²) < 4.78 is 0. The molecule has 0 aliphatic rings. The van der Waals surface area contributed by atoms with Crippen molar-refractivity contribution in [1.82, 2.24) is 5.32 Å². The quantitative estimate of drug-likeness (QED) is 0.476. The molecule has 0 bridgehead atoms. The summed E-state index contributed by atoms with van der Waals surface area (Å²) in [4.78, 5) is 0. The van der Waals surface area contributed by atoms with Gasteiger partial charge in [0.15, 0.2) is 0 Å². The molecule has 0 aromatic carbocycles. The number of nitrogens with one attached hydrogen (secondary N) is 1. The summed E-state index contributed by atoms with van der Waals surface area (Å²) in [5.74, 6) is 0.770. The van der Waals surface area contributed by atoms with Crippen molar-refractivity contribution in [2.24, 2.45) is 5.92 Å². The molecule has 0 radical (unpaired) electrons. The zero-order valence-electron chi connectivity index (χ0n) is 8.98. The third-order valence-electron chi connectivity index (χ3n) is 2.36. The van der Waals surface area contributed by atoms with Gasteiger partial charge in [-0.2, -0.15) is 0 Å². The first-order valence-electron chi connectivity index (χ1n) is 5.03. The van der Waals surface area contributed by atoms with E-state index in [-0.39, 0.29) is 0 Å². The minimum atomic E-state index is 0.770. The molecule has 0 rings (SSSR count). The molecule has 0 amide bonds. The summed E-state index contributed by atoms with van der Waals surface area (Å²) in [6.07, 6.45) is 6.13. The molecule has 1 heteroatoms. The summed E-state index contributed by atoms with van der Waals surface area (Å²) in [7, 11) is 2.00. The Morgan fingerprint density at radius 3 is 2.67 bits per heavy atom. The van der Waals surface area contributed by atoms with Crippen LogP contribution in [0.3, 0.4) is 0 Å². The monoisotopic (exact) mass is 169 g/mol. The molecule has 1 nitrogen and oxygen atoms in total. The van der Waals surface area contributed by atoms with Gasteiger partial charge in [0.25, 0.3) is 0 Å². The van der Waals surface area contributed by atoms with Crippen molar-refractivity contribution in [3.05, 3.63) is 11.6 Å². The van der Waals surface area contributed by atoms with E-state index in [1.807, 2.05) is 7.05 Å². The van der Waals surface area contributed by atoms with Crippen LogP contribution in [0.1, 0.15) is 40.0 Å². The van der Waals surface area contributed by atoms with Crippen molar-refractivity contribution in [2.45, 2.75) is 40.0 Å². The van der Waals surface area contributed by atoms with Crippen LogP contribution in [0.2, 0.25) is 0 Å². The van der Waals surface area contributed by atoms with Gasteiger partial charge in [0.05, 0.1) is 0 Å². The average Bonchev–Trinajstić information content (AvgIpc) is 2.05. The maximum atomic E-state index is 3.15. The predicted molar refractivity (Wildman–Crippen MR) is 56.4 cm³/mol. The molecule has 72 valence electrons. The van der Waals surface area contributed by atoms with E-state index in [0.29, 0.717) is 0 Å². The Morgan fingerprint density at radius 1 is 1.50 bits per heavy atom. The van der Waals surface area contributed by atoms with E-state index in [2.05, 4.69) is 32.2 Å². The Hall–Kier alpha value is -0.300. The highest BCUT2D eigenvalue weighted by Gasteiger charge is 2.00. The van der Waals surface area contributed by atoms with Crippen molar-refractivity contribution >= 4 is 0 Å². The highest BCUT2D eigenvalue weighted by atomic mass is 14.8. The fourth-order valence-electron chi connectivity index (χ4n) is 1.31. The van der Waals surface area contributed by atoms with E-state index in [4.69, 9.17) is 0 Å². The minimum absolute atomic E-state index is 0.770. The van der Waals surface area contributed by atoms with Gasteiger partial charge in [-0.15, -0.1) is 0 Å². The van der Waals surface area contributed by atoms with Gasteiger partial charge in [-0.1, -0.05) is 31.9 Å². The SMILES string of the molecule is CCCC(C)C(C)=CCCNC. The van der Waals surface area contributed by atoms with Crippen LogP contribution in [-0.4, -0.2) is 13.6 Å². The molecule has 0 fully saturated rings. The highest BCUT2D eigenvalue weighted by Crippen LogP contribution is 2.15. The van der Waals surface area contributed by atoms with Crippen molar-refractivity contribution in [2.75, 3.05) is 13.6 Å². The van der Waals surface area contributed by atoms with Gasteiger partial charge < -0.3 is 5.32 Å². The Morgan fingerprint density at radius 2 is 2.17 bits per heavy atom. The molecule has 0 saturated heterocycles. The van der Waals surface area contributed by atoms with Crippen molar-refractivity contribution in [1.29, 1.82) is 0 Å². The zero-order valence-corrected chi connectivity index (χ0v) is 8.98. The second kappa shape index (κ2) is 7.35. The van der Waals surface area contributed by atoms with Crippen LogP contribution in [0, 0.1) is 5.92 Å². The summed E-state index contributed by atoms with van der Waals surface area (Å²) in [6, 6.07) is 0. The van der Waals surface area contributed by atoms with Crippen LogP contribution in [0.15, 0.2) is 11.6 Å². The van der Waals surface area contributed by atoms with Gasteiger partial charge in [-0.25, -0.2) is 0 Å². The Bertz CT molecular complexity index is 127. The standard InChI is InChI=1S/C11H23N/c1-5-7-10(2)11(3)8-6-9-12-4/h8,10,12H,5-7,9H2,1-4H3. The van der Waals surface area contributed by atoms with Gasteiger partial charge in [-0.05, 0) is 39.3 Å². The molecule has 0 aromatic heterocycles. The molecular formula is C11H23N. The lowest BCUT2D eigenvalue weighted by atomic mass is 9.97. The Balaban J connectivity index is 3.65. The van der Waals surface area contributed by atoms with E-state index < -0.39 is 0 Å². The first-order valence-corrected chi connectivity index (χ1v) is 5.03. The lowest BCUT2D eigenvalue weighted by Crippen LogP contribution is -2.06. The molecule has 1 N–H and O–H groups in total. The van der Waals surface area contributed by atoms with Crippen LogP contribution in [-0.2, 0) is 0 Å². The number of hydrogen-bond donors (Lipinski definition) is 1. The van der Waals surface area contributed by atoms with Crippen LogP contribution in [0.25, 0.3) is 0 Å². The van der Waals surface area contributed by atoms with Crippen molar-refractivity contribution in [3.63, 3.8) is 0 Å². The molecule has 1 unspecified atom stereocenters. The first kappa shape index (κ1) is 11.7. The maximum Gasteiger partial charge on any atom is -0.00172 e. The van der Waals surface area contributed by atoms with Gasteiger partial charge in [0.1, 0.15) is 0 Å². The normalized spacial score (nSPS) is 14.8. The van der Waals surface area contributed by atoms with Crippen LogP contribution >= 0.6 is 0 Å². The van der Waals surface area contributed by atoms with Gasteiger partial charge in [0, 0.05) is 0 Å². The summed E-state index contributed by atoms with van der Waals surface area (Å²) >= 11 is 0. The average molecular weight is 169 g/mol. The van der Waals surface area contributed by atoms with Crippen LogP contribution in [0.4, 0.5) is 0 Å². The van der Waals surface area contributed by atoms with Crippen LogP contribution in [0.5, 0.6) is 0 Å². The van der Waals surface area contributed by atoms with Gasteiger partial charge in [-0.3, -0.25) is 0 Å². The zero-order chi connectivity index (χ0) is 9.40. The molecule has 0 aliphatic carbocycles. The van der Waals surface area contributed by atoms with E-state index in [1.54, 1.807) is 5.57 Å². The predicted octanol–water partition coefficient (Wildman–Crippen LogP) is 2.98. The van der Waals surface area contributed by atoms with Crippen molar-refractivity contribution < 1.29 is 0 Å². The number of hydrogen-bond acceptors (Lipinski definition) is 1. The van der Waals surface area contributed by atoms with Gasteiger partial charge in [0.2, 0.25) is 0 Å². The molecule has 0 heterocycles. The second-order valence-corrected chi connectivity index (χ2v) is 3.53. The van der Waals surface area contributed by atoms with Crippen LogP contribution < -0.4 is 5.32 Å². The maximum absolute atomic E-state index is 3.15. The summed E-state index contributed by atoms with van der Waals surface area (Å²) in [5, 5.41) is 3.15. The molecule has 0 spiro atoms. The fraction of sp³-hybridized carbons (Fsp3) is 0.818. The lowest BCUT2D eigenvalue weighted by molar-refractivity contribution is 0.598. The topological polar surface area (TPSA) is 12.0 Å². The molecular weight excluding hydrogens is 146 g/mol. The minimum Gasteiger partial charge on any atom is -0.319 e. The largest absolute Gasteiger partial charge is 0.319 e. The van der Waals surface area contributed by atoms with E-state index in [1.165, 1.54) is 12.8 Å². The summed E-state index contributed by atoms with van der Waals surface area (Å²) in [5.41, 5.74) is 1.55. The first-order chi connectivity index (χ1) is 5.72. The Labute approximate surface area is 77.2 Å². The van der Waals surface area contributed by atoms with E-state index in [9.17, 15) is 0 Å². The van der Waals surface area contributed by atoms with Crippen molar-refractivity contribution in [3.8, 4) is 0 Å². The Kier molecular flexibility index (Phi) is 7.17. The lowest BCUT2D eigenvalue weighted by Gasteiger charge is -2.10. The number of allylic oxidation sites excluding steroid dienone is 1. The van der Waals surface area contributed by atoms with Gasteiger partial charge >= 0.3 is 0 Å². The molecule has 0 aromatic rings.